The van der Waals surface area contributed by atoms with Crippen LogP contribution >= 0.6 is 11.6 Å². The Morgan fingerprint density at radius 1 is 1.47 bits per heavy atom. The zero-order valence-corrected chi connectivity index (χ0v) is 11.5. The summed E-state index contributed by atoms with van der Waals surface area (Å²) in [6.07, 6.45) is 3.87. The summed E-state index contributed by atoms with van der Waals surface area (Å²) in [5, 5.41) is 9.37. The summed E-state index contributed by atoms with van der Waals surface area (Å²) in [5.74, 6) is -0.778. The summed E-state index contributed by atoms with van der Waals surface area (Å²) < 4.78 is 1.88. The first kappa shape index (κ1) is 13.8. The van der Waals surface area contributed by atoms with Crippen LogP contribution in [0.2, 0.25) is 5.02 Å². The fourth-order valence-corrected chi connectivity index (χ4v) is 2.09. The smallest absolute Gasteiger partial charge is 0.304 e. The second kappa shape index (κ2) is 6.04. The number of pyridine rings is 1. The molecule has 102 valence electrons. The first-order valence-electron chi connectivity index (χ1n) is 6.15. The predicted molar refractivity (Wildman–Crippen MR) is 73.4 cm³/mol. The molecular weight excluding hydrogens is 266 g/mol. The molecule has 2 heterocycles. The topological polar surface area (TPSA) is 57.8 Å². The molecule has 2 aromatic rings. The number of fused-ring (bicyclic) bond motifs is 1. The molecule has 0 aliphatic rings. The molecule has 0 aromatic carbocycles. The van der Waals surface area contributed by atoms with Crippen molar-refractivity contribution in [3.63, 3.8) is 0 Å². The van der Waals surface area contributed by atoms with Gasteiger partial charge in [-0.2, -0.15) is 0 Å². The number of aromatic nitrogens is 2. The molecule has 0 aliphatic heterocycles. The second-order valence-corrected chi connectivity index (χ2v) is 4.79. The lowest BCUT2D eigenvalue weighted by Crippen LogP contribution is -2.25. The molecule has 2 rings (SSSR count). The zero-order valence-electron chi connectivity index (χ0n) is 10.7. The SMILES string of the molecule is CCN(CCC(=O)O)Cc1cn2cc(Cl)ccc2n1. The van der Waals surface area contributed by atoms with Crippen molar-refractivity contribution in [3.8, 4) is 0 Å². The number of carboxylic acid groups (broad SMARTS) is 1. The van der Waals surface area contributed by atoms with Crippen molar-refractivity contribution in [3.05, 3.63) is 35.2 Å². The van der Waals surface area contributed by atoms with Gasteiger partial charge >= 0.3 is 5.97 Å². The molecule has 0 radical (unpaired) electrons. The Morgan fingerprint density at radius 3 is 2.95 bits per heavy atom. The average molecular weight is 282 g/mol. The van der Waals surface area contributed by atoms with Gasteiger partial charge in [0.05, 0.1) is 17.1 Å². The van der Waals surface area contributed by atoms with Gasteiger partial charge in [0, 0.05) is 25.5 Å². The number of hydrogen-bond donors (Lipinski definition) is 1. The maximum atomic E-state index is 10.6. The Bertz CT molecular complexity index is 582. The first-order valence-corrected chi connectivity index (χ1v) is 6.53. The number of rotatable bonds is 6. The van der Waals surface area contributed by atoms with Crippen molar-refractivity contribution in [2.75, 3.05) is 13.1 Å². The van der Waals surface area contributed by atoms with Gasteiger partial charge in [-0.3, -0.25) is 9.69 Å². The van der Waals surface area contributed by atoms with Crippen LogP contribution in [0.1, 0.15) is 19.0 Å². The van der Waals surface area contributed by atoms with E-state index in [1.54, 1.807) is 12.3 Å². The van der Waals surface area contributed by atoms with Crippen LogP contribution in [0.25, 0.3) is 5.65 Å². The molecule has 5 nitrogen and oxygen atoms in total. The van der Waals surface area contributed by atoms with Gasteiger partial charge in [-0.05, 0) is 18.7 Å². The molecule has 0 amide bonds. The van der Waals surface area contributed by atoms with Crippen molar-refractivity contribution in [1.29, 1.82) is 0 Å². The molecule has 0 bridgehead atoms. The summed E-state index contributed by atoms with van der Waals surface area (Å²) in [6, 6.07) is 3.66. The van der Waals surface area contributed by atoms with Gasteiger partial charge in [-0.15, -0.1) is 0 Å². The Labute approximate surface area is 116 Å². The average Bonchev–Trinajstić information content (AvgIpc) is 2.75. The summed E-state index contributed by atoms with van der Waals surface area (Å²) in [4.78, 5) is 17.1. The van der Waals surface area contributed by atoms with Crippen molar-refractivity contribution < 1.29 is 9.90 Å². The van der Waals surface area contributed by atoms with Crippen LogP contribution in [0, 0.1) is 0 Å². The zero-order chi connectivity index (χ0) is 13.8. The molecule has 19 heavy (non-hydrogen) atoms. The minimum absolute atomic E-state index is 0.146. The molecule has 1 N–H and O–H groups in total. The predicted octanol–water partition coefficient (Wildman–Crippen LogP) is 2.28. The van der Waals surface area contributed by atoms with E-state index in [4.69, 9.17) is 16.7 Å². The van der Waals surface area contributed by atoms with Gasteiger partial charge in [0.15, 0.2) is 0 Å². The van der Waals surface area contributed by atoms with E-state index in [2.05, 4.69) is 9.88 Å². The Balaban J connectivity index is 2.08. The Hall–Kier alpha value is -1.59. The van der Waals surface area contributed by atoms with Crippen molar-refractivity contribution in [2.45, 2.75) is 19.9 Å². The maximum Gasteiger partial charge on any atom is 0.304 e. The van der Waals surface area contributed by atoms with Crippen molar-refractivity contribution >= 4 is 23.2 Å². The normalized spacial score (nSPS) is 11.3. The summed E-state index contributed by atoms with van der Waals surface area (Å²) in [6.45, 7) is 3.97. The van der Waals surface area contributed by atoms with Crippen LogP contribution in [-0.4, -0.2) is 38.4 Å². The third kappa shape index (κ3) is 3.68. The van der Waals surface area contributed by atoms with E-state index in [9.17, 15) is 4.79 Å². The van der Waals surface area contributed by atoms with E-state index in [1.165, 1.54) is 0 Å². The van der Waals surface area contributed by atoms with Gasteiger partial charge in [0.25, 0.3) is 0 Å². The molecule has 0 saturated carbocycles. The standard InChI is InChI=1S/C13H16ClN3O2/c1-2-16(6-5-13(18)19)8-11-9-17-7-10(14)3-4-12(17)15-11/h3-4,7,9H,2,5-6,8H2,1H3,(H,18,19). The summed E-state index contributed by atoms with van der Waals surface area (Å²) in [5.41, 5.74) is 1.75. The van der Waals surface area contributed by atoms with Crippen LogP contribution < -0.4 is 0 Å². The Morgan fingerprint density at radius 2 is 2.26 bits per heavy atom. The second-order valence-electron chi connectivity index (χ2n) is 4.36. The van der Waals surface area contributed by atoms with E-state index in [1.807, 2.05) is 23.6 Å². The number of carboxylic acids is 1. The number of halogens is 1. The third-order valence-corrected chi connectivity index (χ3v) is 3.16. The van der Waals surface area contributed by atoms with E-state index in [0.29, 0.717) is 18.1 Å². The molecule has 2 aromatic heterocycles. The quantitative estimate of drug-likeness (QED) is 0.882. The minimum Gasteiger partial charge on any atom is -0.481 e. The van der Waals surface area contributed by atoms with Crippen LogP contribution in [0.15, 0.2) is 24.5 Å². The van der Waals surface area contributed by atoms with Crippen LogP contribution in [0.5, 0.6) is 0 Å². The number of carbonyl (C=O) groups is 1. The van der Waals surface area contributed by atoms with Crippen molar-refractivity contribution in [1.82, 2.24) is 14.3 Å². The lowest BCUT2D eigenvalue weighted by Gasteiger charge is -2.17. The largest absolute Gasteiger partial charge is 0.481 e. The maximum absolute atomic E-state index is 10.6. The number of aliphatic carboxylic acids is 1. The molecule has 0 fully saturated rings. The molecule has 0 spiro atoms. The van der Waals surface area contributed by atoms with Crippen LogP contribution in [0.3, 0.4) is 0 Å². The lowest BCUT2D eigenvalue weighted by atomic mass is 10.3. The molecule has 0 unspecified atom stereocenters. The summed E-state index contributed by atoms with van der Waals surface area (Å²) in [7, 11) is 0. The molecule has 0 saturated heterocycles. The molecular formula is C13H16ClN3O2. The van der Waals surface area contributed by atoms with Crippen LogP contribution in [0.4, 0.5) is 0 Å². The highest BCUT2D eigenvalue weighted by molar-refractivity contribution is 6.30. The molecule has 6 heteroatoms. The molecule has 0 atom stereocenters. The molecule has 0 aliphatic carbocycles. The minimum atomic E-state index is -0.778. The van der Waals surface area contributed by atoms with E-state index in [0.717, 1.165) is 17.9 Å². The van der Waals surface area contributed by atoms with E-state index >= 15 is 0 Å². The lowest BCUT2D eigenvalue weighted by molar-refractivity contribution is -0.137. The van der Waals surface area contributed by atoms with Gasteiger partial charge in [-0.1, -0.05) is 18.5 Å². The number of hydrogen-bond acceptors (Lipinski definition) is 3. The van der Waals surface area contributed by atoms with E-state index < -0.39 is 5.97 Å². The fourth-order valence-electron chi connectivity index (χ4n) is 1.93. The highest BCUT2D eigenvalue weighted by Crippen LogP contribution is 2.13. The summed E-state index contributed by atoms with van der Waals surface area (Å²) >= 11 is 5.92. The Kier molecular flexibility index (Phi) is 4.39. The highest BCUT2D eigenvalue weighted by Gasteiger charge is 2.09. The van der Waals surface area contributed by atoms with Crippen LogP contribution in [-0.2, 0) is 11.3 Å². The highest BCUT2D eigenvalue weighted by atomic mass is 35.5. The van der Waals surface area contributed by atoms with Gasteiger partial charge < -0.3 is 9.51 Å². The monoisotopic (exact) mass is 281 g/mol. The van der Waals surface area contributed by atoms with Gasteiger partial charge in [-0.25, -0.2) is 4.98 Å². The first-order chi connectivity index (χ1) is 9.08. The number of imidazole rings is 1. The third-order valence-electron chi connectivity index (χ3n) is 2.94. The van der Waals surface area contributed by atoms with Gasteiger partial charge in [0.2, 0.25) is 0 Å². The van der Waals surface area contributed by atoms with Crippen molar-refractivity contribution in [2.24, 2.45) is 0 Å². The number of nitrogens with zero attached hydrogens (tertiary/aromatic N) is 3. The fraction of sp³-hybridized carbons (Fsp3) is 0.385. The van der Waals surface area contributed by atoms with Gasteiger partial charge in [0.1, 0.15) is 5.65 Å². The van der Waals surface area contributed by atoms with E-state index in [-0.39, 0.29) is 6.42 Å².